The smallest absolute Gasteiger partial charge is 0.303 e. The van der Waals surface area contributed by atoms with E-state index in [0.29, 0.717) is 13.0 Å². The molecular formula is C11H13NO3. The Morgan fingerprint density at radius 3 is 2.93 bits per heavy atom. The average Bonchev–Trinajstić information content (AvgIpc) is 2.17. The lowest BCUT2D eigenvalue weighted by atomic mass is 9.83. The van der Waals surface area contributed by atoms with Gasteiger partial charge < -0.3 is 9.84 Å². The van der Waals surface area contributed by atoms with Crippen LogP contribution in [0.2, 0.25) is 0 Å². The van der Waals surface area contributed by atoms with Gasteiger partial charge in [-0.1, -0.05) is 6.07 Å². The van der Waals surface area contributed by atoms with Crippen molar-refractivity contribution in [2.24, 2.45) is 0 Å². The quantitative estimate of drug-likeness (QED) is 0.814. The average molecular weight is 207 g/mol. The molecule has 0 aliphatic carbocycles. The Balaban J connectivity index is 2.12. The molecule has 1 N–H and O–H groups in total. The van der Waals surface area contributed by atoms with Crippen LogP contribution in [0.1, 0.15) is 24.8 Å². The number of hydrogen-bond acceptors (Lipinski definition) is 3. The lowest BCUT2D eigenvalue weighted by Gasteiger charge is -2.42. The largest absolute Gasteiger partial charge is 0.481 e. The first-order valence-corrected chi connectivity index (χ1v) is 4.99. The molecule has 15 heavy (non-hydrogen) atoms. The van der Waals surface area contributed by atoms with Crippen LogP contribution in [-0.2, 0) is 15.1 Å². The lowest BCUT2D eigenvalue weighted by Crippen LogP contribution is -2.41. The van der Waals surface area contributed by atoms with E-state index < -0.39 is 11.6 Å². The fourth-order valence-corrected chi connectivity index (χ4v) is 1.86. The second-order valence-corrected chi connectivity index (χ2v) is 3.73. The SMILES string of the molecule is O=C(O)CCC1(c2cccnc2)CCO1. The van der Waals surface area contributed by atoms with Gasteiger partial charge in [0.2, 0.25) is 0 Å². The van der Waals surface area contributed by atoms with Crippen molar-refractivity contribution < 1.29 is 14.6 Å². The molecule has 1 fully saturated rings. The number of ether oxygens (including phenoxy) is 1. The minimum atomic E-state index is -0.784. The minimum Gasteiger partial charge on any atom is -0.481 e. The molecule has 0 aromatic carbocycles. The number of carbonyl (C=O) groups is 1. The first-order valence-electron chi connectivity index (χ1n) is 4.99. The zero-order chi connectivity index (χ0) is 10.7. The Labute approximate surface area is 87.9 Å². The molecule has 1 aliphatic heterocycles. The number of nitrogens with zero attached hydrogens (tertiary/aromatic N) is 1. The molecule has 1 saturated heterocycles. The standard InChI is InChI=1S/C11H13NO3/c13-10(14)3-4-11(5-7-15-11)9-2-1-6-12-8-9/h1-2,6,8H,3-5,7H2,(H,13,14). The summed E-state index contributed by atoms with van der Waals surface area (Å²) in [5, 5.41) is 8.67. The zero-order valence-corrected chi connectivity index (χ0v) is 8.35. The van der Waals surface area contributed by atoms with Gasteiger partial charge in [0.25, 0.3) is 0 Å². The van der Waals surface area contributed by atoms with Crippen LogP contribution in [0, 0.1) is 0 Å². The Morgan fingerprint density at radius 2 is 2.47 bits per heavy atom. The van der Waals surface area contributed by atoms with Crippen molar-refractivity contribution in [2.75, 3.05) is 6.61 Å². The molecule has 0 spiro atoms. The predicted octanol–water partition coefficient (Wildman–Crippen LogP) is 1.56. The summed E-state index contributed by atoms with van der Waals surface area (Å²) in [6, 6.07) is 3.79. The van der Waals surface area contributed by atoms with E-state index in [9.17, 15) is 4.79 Å². The molecule has 0 bridgehead atoms. The van der Waals surface area contributed by atoms with Crippen LogP contribution in [0.3, 0.4) is 0 Å². The summed E-state index contributed by atoms with van der Waals surface area (Å²) < 4.78 is 5.55. The molecule has 0 amide bonds. The van der Waals surface area contributed by atoms with E-state index >= 15 is 0 Å². The minimum absolute atomic E-state index is 0.134. The summed E-state index contributed by atoms with van der Waals surface area (Å²) >= 11 is 0. The molecule has 2 rings (SSSR count). The molecule has 1 aromatic rings. The van der Waals surface area contributed by atoms with Crippen molar-refractivity contribution >= 4 is 5.97 Å². The Hall–Kier alpha value is -1.42. The Morgan fingerprint density at radius 1 is 1.67 bits per heavy atom. The molecule has 1 aliphatic rings. The molecule has 1 unspecified atom stereocenters. The molecule has 0 radical (unpaired) electrons. The molecule has 2 heterocycles. The summed E-state index contributed by atoms with van der Waals surface area (Å²) in [5.41, 5.74) is 0.588. The van der Waals surface area contributed by atoms with E-state index in [2.05, 4.69) is 4.98 Å². The maximum atomic E-state index is 10.5. The summed E-state index contributed by atoms with van der Waals surface area (Å²) in [4.78, 5) is 14.6. The van der Waals surface area contributed by atoms with Gasteiger partial charge in [0.05, 0.1) is 12.2 Å². The number of pyridine rings is 1. The summed E-state index contributed by atoms with van der Waals surface area (Å²) in [6.45, 7) is 0.703. The van der Waals surface area contributed by atoms with Crippen LogP contribution in [0.5, 0.6) is 0 Å². The number of carboxylic acid groups (broad SMARTS) is 1. The highest BCUT2D eigenvalue weighted by atomic mass is 16.5. The summed E-state index contributed by atoms with van der Waals surface area (Å²) in [6.07, 6.45) is 4.99. The monoisotopic (exact) mass is 207 g/mol. The highest BCUT2D eigenvalue weighted by Crippen LogP contribution is 2.40. The molecule has 1 atom stereocenters. The van der Waals surface area contributed by atoms with Gasteiger partial charge in [-0.05, 0) is 12.5 Å². The van der Waals surface area contributed by atoms with Crippen molar-refractivity contribution in [3.63, 3.8) is 0 Å². The topological polar surface area (TPSA) is 59.4 Å². The van der Waals surface area contributed by atoms with Crippen LogP contribution in [0.4, 0.5) is 0 Å². The van der Waals surface area contributed by atoms with Gasteiger partial charge in [0.15, 0.2) is 0 Å². The van der Waals surface area contributed by atoms with Crippen molar-refractivity contribution in [1.82, 2.24) is 4.98 Å². The molecule has 4 heteroatoms. The van der Waals surface area contributed by atoms with E-state index in [1.165, 1.54) is 0 Å². The van der Waals surface area contributed by atoms with E-state index in [-0.39, 0.29) is 6.42 Å². The lowest BCUT2D eigenvalue weighted by molar-refractivity contribution is -0.165. The van der Waals surface area contributed by atoms with Gasteiger partial charge >= 0.3 is 5.97 Å². The highest BCUT2D eigenvalue weighted by molar-refractivity contribution is 5.66. The van der Waals surface area contributed by atoms with Crippen molar-refractivity contribution in [3.8, 4) is 0 Å². The van der Waals surface area contributed by atoms with Crippen molar-refractivity contribution in [3.05, 3.63) is 30.1 Å². The summed E-state index contributed by atoms with van der Waals surface area (Å²) in [7, 11) is 0. The van der Waals surface area contributed by atoms with Gasteiger partial charge in [-0.15, -0.1) is 0 Å². The van der Waals surface area contributed by atoms with E-state index in [0.717, 1.165) is 12.0 Å². The Bertz CT molecular complexity index is 346. The zero-order valence-electron chi connectivity index (χ0n) is 8.35. The third kappa shape index (κ3) is 1.99. The van der Waals surface area contributed by atoms with Gasteiger partial charge in [0.1, 0.15) is 0 Å². The molecule has 80 valence electrons. The third-order valence-corrected chi connectivity index (χ3v) is 2.81. The fourth-order valence-electron chi connectivity index (χ4n) is 1.86. The second-order valence-electron chi connectivity index (χ2n) is 3.73. The molecule has 4 nitrogen and oxygen atoms in total. The number of aliphatic carboxylic acids is 1. The van der Waals surface area contributed by atoms with Crippen LogP contribution in [0.25, 0.3) is 0 Å². The van der Waals surface area contributed by atoms with Crippen molar-refractivity contribution in [1.29, 1.82) is 0 Å². The van der Waals surface area contributed by atoms with Gasteiger partial charge in [-0.3, -0.25) is 9.78 Å². The fraction of sp³-hybridized carbons (Fsp3) is 0.455. The number of rotatable bonds is 4. The maximum absolute atomic E-state index is 10.5. The van der Waals surface area contributed by atoms with Gasteiger partial charge in [-0.2, -0.15) is 0 Å². The van der Waals surface area contributed by atoms with E-state index in [4.69, 9.17) is 9.84 Å². The van der Waals surface area contributed by atoms with Crippen LogP contribution in [0.15, 0.2) is 24.5 Å². The second kappa shape index (κ2) is 3.98. The van der Waals surface area contributed by atoms with Crippen LogP contribution < -0.4 is 0 Å². The third-order valence-electron chi connectivity index (χ3n) is 2.81. The van der Waals surface area contributed by atoms with E-state index in [1.807, 2.05) is 12.1 Å². The molecule has 1 aromatic heterocycles. The van der Waals surface area contributed by atoms with Gasteiger partial charge in [-0.25, -0.2) is 0 Å². The molecular weight excluding hydrogens is 194 g/mol. The first-order chi connectivity index (χ1) is 7.23. The van der Waals surface area contributed by atoms with E-state index in [1.54, 1.807) is 12.4 Å². The number of aromatic nitrogens is 1. The van der Waals surface area contributed by atoms with Crippen molar-refractivity contribution in [2.45, 2.75) is 24.9 Å². The summed E-state index contributed by atoms with van der Waals surface area (Å²) in [5.74, 6) is -0.784. The van der Waals surface area contributed by atoms with Crippen LogP contribution in [-0.4, -0.2) is 22.7 Å². The highest BCUT2D eigenvalue weighted by Gasteiger charge is 2.40. The normalized spacial score (nSPS) is 24.5. The van der Waals surface area contributed by atoms with Gasteiger partial charge in [0, 0.05) is 30.8 Å². The maximum Gasteiger partial charge on any atom is 0.303 e. The number of carboxylic acids is 1. The molecule has 0 saturated carbocycles. The van der Waals surface area contributed by atoms with Crippen LogP contribution >= 0.6 is 0 Å². The Kier molecular flexibility index (Phi) is 2.68. The first kappa shape index (κ1) is 10.1. The number of hydrogen-bond donors (Lipinski definition) is 1. The predicted molar refractivity (Wildman–Crippen MR) is 53.4 cm³/mol.